The van der Waals surface area contributed by atoms with Gasteiger partial charge in [-0.1, -0.05) is 85.8 Å². The number of carbonyl (C=O) groups excluding carboxylic acids is 1. The molecule has 0 saturated heterocycles. The van der Waals surface area contributed by atoms with Crippen LogP contribution in [0.5, 0.6) is 5.75 Å². The van der Waals surface area contributed by atoms with Crippen LogP contribution in [0.3, 0.4) is 0 Å². The normalized spacial score (nSPS) is 14.7. The number of hydrogen-bond acceptors (Lipinski definition) is 7. The van der Waals surface area contributed by atoms with Gasteiger partial charge in [0.25, 0.3) is 0 Å². The first-order chi connectivity index (χ1) is 18.0. The molecule has 0 radical (unpaired) electrons. The molecule has 3 aromatic carbocycles. The number of Topliss-reactive ketones (excluding diaryl/α,β-unsaturated/α-hetero) is 1. The molecule has 2 atom stereocenters. The Morgan fingerprint density at radius 3 is 1.76 bits per heavy atom. The van der Waals surface area contributed by atoms with E-state index in [0.29, 0.717) is 11.3 Å². The number of nitrogens with two attached hydrogens (primary N) is 2. The number of aliphatic hydroxyl groups is 2. The number of benzene rings is 3. The summed E-state index contributed by atoms with van der Waals surface area (Å²) in [6.07, 6.45) is -1.50. The molecule has 3 aromatic rings. The minimum absolute atomic E-state index is 0.105. The maximum absolute atomic E-state index is 13.5. The highest BCUT2D eigenvalue weighted by atomic mass is 16.5. The summed E-state index contributed by atoms with van der Waals surface area (Å²) in [6.45, 7) is 0.211. The molecule has 0 bridgehead atoms. The third kappa shape index (κ3) is 6.76. The third-order valence-corrected chi connectivity index (χ3v) is 6.76. The third-order valence-electron chi connectivity index (χ3n) is 6.76. The van der Waals surface area contributed by atoms with Crippen molar-refractivity contribution in [1.82, 2.24) is 4.90 Å². The molecule has 202 valence electrons. The van der Waals surface area contributed by atoms with Crippen LogP contribution in [0.4, 0.5) is 4.79 Å². The van der Waals surface area contributed by atoms with Gasteiger partial charge in [0.15, 0.2) is 5.78 Å². The van der Waals surface area contributed by atoms with Crippen LogP contribution < -0.4 is 16.2 Å². The maximum Gasteiger partial charge on any atom is 0.408 e. The first-order valence-corrected chi connectivity index (χ1v) is 12.3. The lowest BCUT2D eigenvalue weighted by Gasteiger charge is -2.46. The number of ether oxygens (including phenoxy) is 1. The van der Waals surface area contributed by atoms with Gasteiger partial charge in [-0.3, -0.25) is 9.69 Å². The highest BCUT2D eigenvalue weighted by Crippen LogP contribution is 2.29. The molecule has 1 amide bonds. The van der Waals surface area contributed by atoms with Crippen molar-refractivity contribution in [3.8, 4) is 5.75 Å². The Morgan fingerprint density at radius 1 is 0.816 bits per heavy atom. The Kier molecular flexibility index (Phi) is 9.24. The maximum atomic E-state index is 13.5. The smallest absolute Gasteiger partial charge is 0.408 e. The minimum Gasteiger partial charge on any atom is -0.486 e. The van der Waals surface area contributed by atoms with Gasteiger partial charge < -0.3 is 31.5 Å². The molecule has 0 saturated carbocycles. The Bertz CT molecular complexity index is 1190. The largest absolute Gasteiger partial charge is 0.486 e. The van der Waals surface area contributed by atoms with E-state index >= 15 is 0 Å². The second kappa shape index (κ2) is 12.2. The van der Waals surface area contributed by atoms with Crippen LogP contribution in [0.15, 0.2) is 91.0 Å². The van der Waals surface area contributed by atoms with E-state index in [1.807, 2.05) is 6.07 Å². The van der Waals surface area contributed by atoms with Gasteiger partial charge in [-0.05, 0) is 29.7 Å². The van der Waals surface area contributed by atoms with Crippen LogP contribution in [0, 0.1) is 0 Å². The van der Waals surface area contributed by atoms with Crippen molar-refractivity contribution in [3.63, 3.8) is 0 Å². The van der Waals surface area contributed by atoms with E-state index in [2.05, 4.69) is 0 Å². The summed E-state index contributed by atoms with van der Waals surface area (Å²) >= 11 is 0. The lowest BCUT2D eigenvalue weighted by atomic mass is 9.79. The number of para-hydroxylation sites is 1. The van der Waals surface area contributed by atoms with Crippen molar-refractivity contribution >= 4 is 11.9 Å². The average molecular weight is 522 g/mol. The highest BCUT2D eigenvalue weighted by Gasteiger charge is 2.55. The van der Waals surface area contributed by atoms with Gasteiger partial charge in [0.05, 0.1) is 12.2 Å². The second-order valence-electron chi connectivity index (χ2n) is 9.46. The quantitative estimate of drug-likeness (QED) is 0.215. The topological polar surface area (TPSA) is 159 Å². The zero-order chi connectivity index (χ0) is 27.8. The Morgan fingerprint density at radius 2 is 1.29 bits per heavy atom. The standard InChI is InChI=1S/C29H35N3O6/c1-2-27(30,18-22-12-6-3-7-13-22)32(26(34)35)21-29(36,37)28(31,19-23-14-8-4-9-15-23)25(33)20-38-24-16-10-5-11-17-24/h3-17,36-37H,2,18-21,30-31H2,1H3,(H,34,35). The van der Waals surface area contributed by atoms with Gasteiger partial charge in [-0.15, -0.1) is 0 Å². The van der Waals surface area contributed by atoms with E-state index in [1.165, 1.54) is 0 Å². The number of carbonyl (C=O) groups is 2. The molecule has 0 aromatic heterocycles. The van der Waals surface area contributed by atoms with Gasteiger partial charge in [0, 0.05) is 12.8 Å². The van der Waals surface area contributed by atoms with Crippen LogP contribution in [0.2, 0.25) is 0 Å². The van der Waals surface area contributed by atoms with E-state index in [9.17, 15) is 24.9 Å². The van der Waals surface area contributed by atoms with Crippen molar-refractivity contribution in [3.05, 3.63) is 102 Å². The molecule has 2 unspecified atom stereocenters. The van der Waals surface area contributed by atoms with E-state index < -0.39 is 42.0 Å². The van der Waals surface area contributed by atoms with Gasteiger partial charge in [-0.25, -0.2) is 4.79 Å². The SMILES string of the molecule is CCC(N)(Cc1ccccc1)N(CC(O)(O)C(N)(Cc1ccccc1)C(=O)COc1ccccc1)C(=O)O. The average Bonchev–Trinajstić information content (AvgIpc) is 2.91. The Balaban J connectivity index is 1.94. The molecule has 0 fully saturated rings. The first kappa shape index (κ1) is 28.8. The number of rotatable bonds is 13. The molecule has 38 heavy (non-hydrogen) atoms. The van der Waals surface area contributed by atoms with E-state index in [1.54, 1.807) is 91.9 Å². The Labute approximate surface area is 222 Å². The van der Waals surface area contributed by atoms with Crippen molar-refractivity contribution in [2.24, 2.45) is 11.5 Å². The molecule has 3 rings (SSSR count). The summed E-state index contributed by atoms with van der Waals surface area (Å²) in [6, 6.07) is 26.2. The van der Waals surface area contributed by atoms with Crippen molar-refractivity contribution in [2.75, 3.05) is 13.2 Å². The summed E-state index contributed by atoms with van der Waals surface area (Å²) in [5.41, 5.74) is 10.5. The molecule has 9 heteroatoms. The van der Waals surface area contributed by atoms with Crippen molar-refractivity contribution in [1.29, 1.82) is 0 Å². The fraction of sp³-hybridized carbons (Fsp3) is 0.310. The summed E-state index contributed by atoms with van der Waals surface area (Å²) in [4.78, 5) is 26.6. The highest BCUT2D eigenvalue weighted by molar-refractivity contribution is 5.91. The van der Waals surface area contributed by atoms with Gasteiger partial charge >= 0.3 is 6.09 Å². The molecule has 0 heterocycles. The summed E-state index contributed by atoms with van der Waals surface area (Å²) in [5.74, 6) is -3.43. The fourth-order valence-electron chi connectivity index (χ4n) is 4.31. The second-order valence-corrected chi connectivity index (χ2v) is 9.46. The molecule has 0 aliphatic heterocycles. The predicted octanol–water partition coefficient (Wildman–Crippen LogP) is 2.54. The summed E-state index contributed by atoms with van der Waals surface area (Å²) < 4.78 is 5.56. The van der Waals surface area contributed by atoms with E-state index in [4.69, 9.17) is 16.2 Å². The summed E-state index contributed by atoms with van der Waals surface area (Å²) in [7, 11) is 0. The van der Waals surface area contributed by atoms with Crippen molar-refractivity contribution in [2.45, 2.75) is 43.2 Å². The Hall–Kier alpha value is -3.76. The summed E-state index contributed by atoms with van der Waals surface area (Å²) in [5, 5.41) is 32.9. The molecular formula is C29H35N3O6. The number of carboxylic acid groups (broad SMARTS) is 1. The molecule has 0 spiro atoms. The van der Waals surface area contributed by atoms with E-state index in [-0.39, 0.29) is 19.3 Å². The lowest BCUT2D eigenvalue weighted by molar-refractivity contribution is -0.222. The van der Waals surface area contributed by atoms with Crippen LogP contribution >= 0.6 is 0 Å². The van der Waals surface area contributed by atoms with Crippen LogP contribution in [0.25, 0.3) is 0 Å². The first-order valence-electron chi connectivity index (χ1n) is 12.3. The van der Waals surface area contributed by atoms with E-state index in [0.717, 1.165) is 10.5 Å². The fourth-order valence-corrected chi connectivity index (χ4v) is 4.31. The van der Waals surface area contributed by atoms with Gasteiger partial charge in [-0.2, -0.15) is 0 Å². The predicted molar refractivity (Wildman–Crippen MR) is 143 cm³/mol. The molecule has 7 N–H and O–H groups in total. The van der Waals surface area contributed by atoms with Crippen LogP contribution in [-0.2, 0) is 17.6 Å². The molecule has 0 aliphatic carbocycles. The number of nitrogens with zero attached hydrogens (tertiary/aromatic N) is 1. The van der Waals surface area contributed by atoms with Crippen molar-refractivity contribution < 1.29 is 29.6 Å². The molecule has 9 nitrogen and oxygen atoms in total. The minimum atomic E-state index is -3.01. The zero-order valence-corrected chi connectivity index (χ0v) is 21.4. The molecular weight excluding hydrogens is 486 g/mol. The monoisotopic (exact) mass is 521 g/mol. The van der Waals surface area contributed by atoms with Crippen LogP contribution in [-0.4, -0.2) is 62.2 Å². The van der Waals surface area contributed by atoms with Crippen LogP contribution in [0.1, 0.15) is 24.5 Å². The number of hydrogen-bond donors (Lipinski definition) is 5. The number of ketones is 1. The lowest BCUT2D eigenvalue weighted by Crippen LogP contribution is -2.74. The zero-order valence-electron chi connectivity index (χ0n) is 21.4. The molecule has 0 aliphatic rings. The van der Waals surface area contributed by atoms with Gasteiger partial charge in [0.2, 0.25) is 5.79 Å². The number of amides is 1. The van der Waals surface area contributed by atoms with Gasteiger partial charge in [0.1, 0.15) is 17.9 Å².